The molecule has 2 unspecified atom stereocenters. The van der Waals surface area contributed by atoms with Crippen molar-refractivity contribution in [2.45, 2.75) is 64.9 Å². The van der Waals surface area contributed by atoms with Gasteiger partial charge in [0.1, 0.15) is 0 Å². The van der Waals surface area contributed by atoms with E-state index in [1.807, 2.05) is 13.8 Å². The van der Waals surface area contributed by atoms with Crippen LogP contribution in [0.4, 0.5) is 0 Å². The highest BCUT2D eigenvalue weighted by molar-refractivity contribution is 5.02. The lowest BCUT2D eigenvalue weighted by Crippen LogP contribution is -2.52. The third kappa shape index (κ3) is 3.19. The molecule has 2 heterocycles. The number of hydrogen-bond acceptors (Lipinski definition) is 4. The van der Waals surface area contributed by atoms with Crippen molar-refractivity contribution >= 4 is 0 Å². The van der Waals surface area contributed by atoms with Gasteiger partial charge in [0.2, 0.25) is 0 Å². The molecule has 2 fully saturated rings. The second-order valence-corrected chi connectivity index (χ2v) is 7.79. The van der Waals surface area contributed by atoms with Crippen LogP contribution in [-0.2, 0) is 4.74 Å². The fourth-order valence-corrected chi connectivity index (χ4v) is 3.74. The Morgan fingerprint density at radius 1 is 1.05 bits per heavy atom. The van der Waals surface area contributed by atoms with Gasteiger partial charge in [0.25, 0.3) is 0 Å². The Kier molecular flexibility index (Phi) is 4.51. The molecule has 2 atom stereocenters. The molecule has 1 N–H and O–H groups in total. The first kappa shape index (κ1) is 16.2. The van der Waals surface area contributed by atoms with E-state index in [-0.39, 0.29) is 17.6 Å². The van der Waals surface area contributed by atoms with Crippen molar-refractivity contribution in [1.82, 2.24) is 9.80 Å². The molecular formula is C16H32N2O2. The van der Waals surface area contributed by atoms with E-state index >= 15 is 0 Å². The maximum atomic E-state index is 10.6. The predicted molar refractivity (Wildman–Crippen MR) is 81.9 cm³/mol. The number of piperazine rings is 1. The van der Waals surface area contributed by atoms with Crippen molar-refractivity contribution in [2.75, 3.05) is 32.7 Å². The second kappa shape index (κ2) is 5.56. The van der Waals surface area contributed by atoms with Crippen LogP contribution in [-0.4, -0.2) is 71.0 Å². The van der Waals surface area contributed by atoms with Gasteiger partial charge in [-0.15, -0.1) is 0 Å². The third-order valence-electron chi connectivity index (χ3n) is 5.10. The summed E-state index contributed by atoms with van der Waals surface area (Å²) in [5, 5.41) is 10.6. The van der Waals surface area contributed by atoms with Crippen LogP contribution in [0.25, 0.3) is 0 Å². The normalized spacial score (nSPS) is 34.8. The van der Waals surface area contributed by atoms with Crippen molar-refractivity contribution in [3.05, 3.63) is 0 Å². The van der Waals surface area contributed by atoms with Gasteiger partial charge in [-0.25, -0.2) is 0 Å². The molecule has 2 aliphatic rings. The molecule has 0 spiro atoms. The van der Waals surface area contributed by atoms with Crippen LogP contribution in [0.5, 0.6) is 0 Å². The molecule has 0 aromatic heterocycles. The monoisotopic (exact) mass is 284 g/mol. The quantitative estimate of drug-likeness (QED) is 0.853. The van der Waals surface area contributed by atoms with Crippen LogP contribution < -0.4 is 0 Å². The zero-order valence-electron chi connectivity index (χ0n) is 14.0. The molecule has 0 aromatic carbocycles. The first-order chi connectivity index (χ1) is 9.13. The SMILES string of the molecule is CC(C)N1CCN(CC2C(O)C(C)(C)OC2(C)C)CC1. The number of aliphatic hydroxyl groups is 1. The van der Waals surface area contributed by atoms with E-state index in [0.717, 1.165) is 32.7 Å². The van der Waals surface area contributed by atoms with Crippen LogP contribution in [0, 0.1) is 5.92 Å². The largest absolute Gasteiger partial charge is 0.390 e. The summed E-state index contributed by atoms with van der Waals surface area (Å²) in [5.41, 5.74) is -0.688. The molecule has 118 valence electrons. The van der Waals surface area contributed by atoms with Crippen LogP contribution in [0.3, 0.4) is 0 Å². The van der Waals surface area contributed by atoms with E-state index < -0.39 is 5.60 Å². The summed E-state index contributed by atoms with van der Waals surface area (Å²) in [6.07, 6.45) is -0.388. The van der Waals surface area contributed by atoms with Gasteiger partial charge < -0.3 is 14.7 Å². The van der Waals surface area contributed by atoms with Crippen molar-refractivity contribution in [3.63, 3.8) is 0 Å². The number of hydrogen-bond donors (Lipinski definition) is 1. The van der Waals surface area contributed by atoms with Gasteiger partial charge >= 0.3 is 0 Å². The summed E-state index contributed by atoms with van der Waals surface area (Å²) < 4.78 is 6.07. The van der Waals surface area contributed by atoms with E-state index in [1.54, 1.807) is 0 Å². The Balaban J connectivity index is 1.94. The zero-order valence-corrected chi connectivity index (χ0v) is 14.0. The molecule has 0 aromatic rings. The van der Waals surface area contributed by atoms with Crippen LogP contribution in [0.1, 0.15) is 41.5 Å². The molecule has 4 heteroatoms. The molecule has 0 radical (unpaired) electrons. The predicted octanol–water partition coefficient (Wildman–Crippen LogP) is 1.58. The molecule has 20 heavy (non-hydrogen) atoms. The van der Waals surface area contributed by atoms with E-state index in [9.17, 15) is 5.11 Å². The number of rotatable bonds is 3. The Morgan fingerprint density at radius 2 is 1.60 bits per heavy atom. The van der Waals surface area contributed by atoms with Crippen molar-refractivity contribution < 1.29 is 9.84 Å². The van der Waals surface area contributed by atoms with E-state index in [1.165, 1.54) is 0 Å². The van der Waals surface area contributed by atoms with Gasteiger partial charge in [0.15, 0.2) is 0 Å². The van der Waals surface area contributed by atoms with E-state index in [4.69, 9.17) is 4.74 Å². The number of nitrogens with zero attached hydrogens (tertiary/aromatic N) is 2. The maximum absolute atomic E-state index is 10.6. The zero-order chi connectivity index (χ0) is 15.1. The molecule has 0 amide bonds. The van der Waals surface area contributed by atoms with E-state index in [2.05, 4.69) is 37.5 Å². The van der Waals surface area contributed by atoms with Gasteiger partial charge in [-0.05, 0) is 41.5 Å². The van der Waals surface area contributed by atoms with Crippen molar-refractivity contribution in [3.8, 4) is 0 Å². The first-order valence-corrected chi connectivity index (χ1v) is 7.98. The average molecular weight is 284 g/mol. The Labute approximate surface area is 124 Å². The molecule has 0 saturated carbocycles. The van der Waals surface area contributed by atoms with Gasteiger partial charge in [0.05, 0.1) is 17.3 Å². The first-order valence-electron chi connectivity index (χ1n) is 7.98. The molecule has 4 nitrogen and oxygen atoms in total. The third-order valence-corrected chi connectivity index (χ3v) is 5.10. The summed E-state index contributed by atoms with van der Waals surface area (Å²) in [5.74, 6) is 0.183. The fraction of sp³-hybridized carbons (Fsp3) is 1.00. The Hall–Kier alpha value is -0.160. The maximum Gasteiger partial charge on any atom is 0.0896 e. The molecular weight excluding hydrogens is 252 g/mol. The van der Waals surface area contributed by atoms with Gasteiger partial charge in [0, 0.05) is 44.7 Å². The average Bonchev–Trinajstić information content (AvgIpc) is 2.48. The fourth-order valence-electron chi connectivity index (χ4n) is 3.74. The number of ether oxygens (including phenoxy) is 1. The highest BCUT2D eigenvalue weighted by Gasteiger charge is 2.53. The standard InChI is InChI=1S/C16H32N2O2/c1-12(2)18-9-7-17(8-10-18)11-13-14(19)16(5,6)20-15(13,3)4/h12-14,19H,7-11H2,1-6H3. The molecule has 2 saturated heterocycles. The molecule has 0 aliphatic carbocycles. The minimum absolute atomic E-state index is 0.183. The highest BCUT2D eigenvalue weighted by Crippen LogP contribution is 2.42. The summed E-state index contributed by atoms with van der Waals surface area (Å²) in [4.78, 5) is 5.01. The van der Waals surface area contributed by atoms with Gasteiger partial charge in [-0.1, -0.05) is 0 Å². The van der Waals surface area contributed by atoms with Crippen LogP contribution in [0.2, 0.25) is 0 Å². The lowest BCUT2D eigenvalue weighted by atomic mass is 9.84. The van der Waals surface area contributed by atoms with Crippen molar-refractivity contribution in [2.24, 2.45) is 5.92 Å². The molecule has 0 bridgehead atoms. The van der Waals surface area contributed by atoms with Crippen LogP contribution in [0.15, 0.2) is 0 Å². The topological polar surface area (TPSA) is 35.9 Å². The van der Waals surface area contributed by atoms with Gasteiger partial charge in [-0.2, -0.15) is 0 Å². The second-order valence-electron chi connectivity index (χ2n) is 7.79. The summed E-state index contributed by atoms with van der Waals surface area (Å²) >= 11 is 0. The Bertz CT molecular complexity index is 333. The summed E-state index contributed by atoms with van der Waals surface area (Å²) in [7, 11) is 0. The molecule has 2 rings (SSSR count). The summed E-state index contributed by atoms with van der Waals surface area (Å²) in [6, 6.07) is 0.632. The summed E-state index contributed by atoms with van der Waals surface area (Å²) in [6.45, 7) is 18.1. The Morgan fingerprint density at radius 3 is 2.00 bits per heavy atom. The minimum Gasteiger partial charge on any atom is -0.390 e. The minimum atomic E-state index is -0.437. The molecule has 2 aliphatic heterocycles. The van der Waals surface area contributed by atoms with Crippen molar-refractivity contribution in [1.29, 1.82) is 0 Å². The highest BCUT2D eigenvalue weighted by atomic mass is 16.5. The van der Waals surface area contributed by atoms with E-state index in [0.29, 0.717) is 6.04 Å². The lowest BCUT2D eigenvalue weighted by molar-refractivity contribution is -0.0915. The van der Waals surface area contributed by atoms with Crippen LogP contribution >= 0.6 is 0 Å². The number of aliphatic hydroxyl groups excluding tert-OH is 1. The lowest BCUT2D eigenvalue weighted by Gasteiger charge is -2.39. The smallest absolute Gasteiger partial charge is 0.0896 e. The van der Waals surface area contributed by atoms with Gasteiger partial charge in [-0.3, -0.25) is 4.90 Å².